The van der Waals surface area contributed by atoms with Gasteiger partial charge in [0.2, 0.25) is 0 Å². The van der Waals surface area contributed by atoms with Crippen LogP contribution in [0.25, 0.3) is 0 Å². The summed E-state index contributed by atoms with van der Waals surface area (Å²) in [6.07, 6.45) is -0.728. The predicted octanol–water partition coefficient (Wildman–Crippen LogP) is 6.33. The monoisotopic (exact) mass is 688 g/mol. The van der Waals surface area contributed by atoms with Crippen LogP contribution in [0.2, 0.25) is 0 Å². The van der Waals surface area contributed by atoms with Crippen molar-refractivity contribution in [1.82, 2.24) is 10.6 Å². The Bertz CT molecular complexity index is 1250. The summed E-state index contributed by atoms with van der Waals surface area (Å²) in [5, 5.41) is 5.91. The molecule has 4 aromatic rings. The molecule has 0 atom stereocenters. The first-order valence-electron chi connectivity index (χ1n) is 10.9. The van der Waals surface area contributed by atoms with Crippen molar-refractivity contribution in [3.8, 4) is 5.75 Å². The fourth-order valence-electron chi connectivity index (χ4n) is 3.39. The van der Waals surface area contributed by atoms with E-state index in [1.165, 1.54) is 0 Å². The minimum Gasteiger partial charge on any atom is -0.489 e. The van der Waals surface area contributed by atoms with E-state index in [1.54, 1.807) is 24.3 Å². The van der Waals surface area contributed by atoms with Gasteiger partial charge in [-0.15, -0.1) is 0 Å². The van der Waals surface area contributed by atoms with Gasteiger partial charge < -0.3 is 15.4 Å². The Hall–Kier alpha value is -2.92. The molecule has 4 rings (SSSR count). The molecule has 0 aromatic heterocycles. The summed E-state index contributed by atoms with van der Waals surface area (Å²) in [7, 11) is 0. The second-order valence-corrected chi connectivity index (χ2v) is 10.2. The number of amides is 2. The number of hydrogen-bond acceptors (Lipinski definition) is 3. The number of rotatable bonds is 8. The average molecular weight is 688 g/mol. The van der Waals surface area contributed by atoms with Crippen molar-refractivity contribution in [2.75, 3.05) is 0 Å². The van der Waals surface area contributed by atoms with E-state index < -0.39 is 6.17 Å². The fourth-order valence-corrected chi connectivity index (χ4v) is 4.47. The van der Waals surface area contributed by atoms with Gasteiger partial charge in [-0.2, -0.15) is 0 Å². The zero-order valence-electron chi connectivity index (χ0n) is 18.6. The van der Waals surface area contributed by atoms with Crippen LogP contribution in [-0.4, -0.2) is 11.8 Å². The minimum atomic E-state index is -0.728. The van der Waals surface area contributed by atoms with E-state index in [-0.39, 0.29) is 11.8 Å². The molecule has 35 heavy (non-hydrogen) atoms. The number of nitrogens with one attached hydrogen (secondary N) is 2. The molecule has 0 radical (unpaired) electrons. The maximum Gasteiger partial charge on any atom is 0.253 e. The number of carbonyl (C=O) groups excluding carboxylic acids is 2. The molecule has 0 saturated carbocycles. The molecule has 0 fully saturated rings. The minimum absolute atomic E-state index is 0.277. The van der Waals surface area contributed by atoms with Crippen LogP contribution in [0.4, 0.5) is 0 Å². The molecular weight excluding hydrogens is 666 g/mol. The molecule has 4 aromatic carbocycles. The smallest absolute Gasteiger partial charge is 0.253 e. The quantitative estimate of drug-likeness (QED) is 0.168. The van der Waals surface area contributed by atoms with E-state index in [9.17, 15) is 9.59 Å². The Morgan fingerprint density at radius 1 is 0.686 bits per heavy atom. The van der Waals surface area contributed by atoms with Crippen LogP contribution < -0.4 is 15.4 Å². The SMILES string of the molecule is O=C(NC(NC(=O)c1cccc(I)c1)c1ccc(OCc2ccccc2)cc1)c1cccc(I)c1. The van der Waals surface area contributed by atoms with Gasteiger partial charge in [0.05, 0.1) is 0 Å². The Morgan fingerprint density at radius 3 is 1.74 bits per heavy atom. The third-order valence-corrected chi connectivity index (χ3v) is 6.53. The van der Waals surface area contributed by atoms with Crippen LogP contribution in [-0.2, 0) is 6.61 Å². The van der Waals surface area contributed by atoms with Crippen molar-refractivity contribution in [3.63, 3.8) is 0 Å². The maximum absolute atomic E-state index is 13.0. The lowest BCUT2D eigenvalue weighted by molar-refractivity contribution is 0.0883. The first-order chi connectivity index (χ1) is 17.0. The first kappa shape index (κ1) is 25.2. The Balaban J connectivity index is 1.53. The third-order valence-electron chi connectivity index (χ3n) is 5.19. The van der Waals surface area contributed by atoms with Gasteiger partial charge >= 0.3 is 0 Å². The van der Waals surface area contributed by atoms with Gasteiger partial charge in [-0.05, 0) is 105 Å². The maximum atomic E-state index is 13.0. The second kappa shape index (κ2) is 12.2. The molecule has 0 heterocycles. The summed E-state index contributed by atoms with van der Waals surface area (Å²) in [5.74, 6) is 0.144. The largest absolute Gasteiger partial charge is 0.489 e. The first-order valence-corrected chi connectivity index (χ1v) is 13.0. The predicted molar refractivity (Wildman–Crippen MR) is 153 cm³/mol. The molecule has 0 bridgehead atoms. The Kier molecular flexibility index (Phi) is 8.75. The van der Waals surface area contributed by atoms with Gasteiger partial charge in [-0.1, -0.05) is 54.6 Å². The summed E-state index contributed by atoms with van der Waals surface area (Å²) < 4.78 is 7.78. The highest BCUT2D eigenvalue weighted by molar-refractivity contribution is 14.1. The van der Waals surface area contributed by atoms with E-state index in [0.29, 0.717) is 23.5 Å². The summed E-state index contributed by atoms with van der Waals surface area (Å²) in [6.45, 7) is 0.455. The van der Waals surface area contributed by atoms with Crippen LogP contribution in [0.5, 0.6) is 5.75 Å². The summed E-state index contributed by atoms with van der Waals surface area (Å²) >= 11 is 4.33. The zero-order valence-corrected chi connectivity index (χ0v) is 22.9. The molecule has 0 unspecified atom stereocenters. The topological polar surface area (TPSA) is 67.4 Å². The number of ether oxygens (including phenoxy) is 1. The van der Waals surface area contributed by atoms with Gasteiger partial charge in [0, 0.05) is 18.3 Å². The Labute approximate surface area is 231 Å². The molecule has 5 nitrogen and oxygen atoms in total. The van der Waals surface area contributed by atoms with E-state index >= 15 is 0 Å². The lowest BCUT2D eigenvalue weighted by atomic mass is 10.1. The third kappa shape index (κ3) is 7.28. The van der Waals surface area contributed by atoms with Crippen LogP contribution >= 0.6 is 45.2 Å². The molecule has 0 aliphatic heterocycles. The molecular formula is C28H22I2N2O3. The molecule has 0 saturated heterocycles. The second-order valence-electron chi connectivity index (χ2n) is 7.74. The van der Waals surface area contributed by atoms with Crippen LogP contribution in [0, 0.1) is 7.14 Å². The van der Waals surface area contributed by atoms with E-state index in [2.05, 4.69) is 55.8 Å². The number of halogens is 2. The molecule has 0 spiro atoms. The highest BCUT2D eigenvalue weighted by atomic mass is 127. The van der Waals surface area contributed by atoms with Crippen LogP contribution in [0.15, 0.2) is 103 Å². The van der Waals surface area contributed by atoms with Crippen molar-refractivity contribution in [2.45, 2.75) is 12.8 Å². The highest BCUT2D eigenvalue weighted by Gasteiger charge is 2.19. The fraction of sp³-hybridized carbons (Fsp3) is 0.0714. The van der Waals surface area contributed by atoms with Crippen LogP contribution in [0.3, 0.4) is 0 Å². The highest BCUT2D eigenvalue weighted by Crippen LogP contribution is 2.20. The number of carbonyl (C=O) groups is 2. The van der Waals surface area contributed by atoms with E-state index in [1.807, 2.05) is 78.9 Å². The van der Waals surface area contributed by atoms with Crippen molar-refractivity contribution < 1.29 is 14.3 Å². The van der Waals surface area contributed by atoms with E-state index in [0.717, 1.165) is 18.3 Å². The molecule has 7 heteroatoms. The zero-order chi connectivity index (χ0) is 24.6. The summed E-state index contributed by atoms with van der Waals surface area (Å²) in [4.78, 5) is 26.0. The van der Waals surface area contributed by atoms with Gasteiger partial charge in [0.25, 0.3) is 11.8 Å². The molecule has 2 N–H and O–H groups in total. The van der Waals surface area contributed by atoms with Crippen LogP contribution in [0.1, 0.15) is 38.0 Å². The van der Waals surface area contributed by atoms with Gasteiger partial charge in [0.15, 0.2) is 0 Å². The normalized spacial score (nSPS) is 10.6. The summed E-state index contributed by atoms with van der Waals surface area (Å²) in [6, 6.07) is 31.9. The standard InChI is InChI=1S/C28H22I2N2O3/c29-23-10-4-8-21(16-23)27(33)31-26(32-28(34)22-9-5-11-24(30)17-22)20-12-14-25(15-13-20)35-18-19-6-2-1-3-7-19/h1-17,26H,18H2,(H,31,33)(H,32,34). The number of benzene rings is 4. The lowest BCUT2D eigenvalue weighted by Crippen LogP contribution is -2.41. The lowest BCUT2D eigenvalue weighted by Gasteiger charge is -2.21. The molecule has 0 aliphatic rings. The van der Waals surface area contributed by atoms with Crippen molar-refractivity contribution in [1.29, 1.82) is 0 Å². The van der Waals surface area contributed by atoms with Gasteiger partial charge in [-0.3, -0.25) is 9.59 Å². The van der Waals surface area contributed by atoms with Gasteiger partial charge in [-0.25, -0.2) is 0 Å². The number of hydrogen-bond donors (Lipinski definition) is 2. The average Bonchev–Trinajstić information content (AvgIpc) is 2.88. The molecule has 176 valence electrons. The molecule has 0 aliphatic carbocycles. The Morgan fingerprint density at radius 2 is 1.23 bits per heavy atom. The van der Waals surface area contributed by atoms with Crippen molar-refractivity contribution in [2.24, 2.45) is 0 Å². The molecule has 2 amide bonds. The van der Waals surface area contributed by atoms with Gasteiger partial charge in [0.1, 0.15) is 18.5 Å². The van der Waals surface area contributed by atoms with Crippen molar-refractivity contribution >= 4 is 57.0 Å². The summed E-state index contributed by atoms with van der Waals surface area (Å²) in [5.41, 5.74) is 2.85. The van der Waals surface area contributed by atoms with Crippen molar-refractivity contribution in [3.05, 3.63) is 133 Å². The van der Waals surface area contributed by atoms with E-state index in [4.69, 9.17) is 4.74 Å².